The Bertz CT molecular complexity index is 916. The van der Waals surface area contributed by atoms with Crippen LogP contribution in [0.25, 0.3) is 0 Å². The van der Waals surface area contributed by atoms with Crippen LogP contribution in [0.1, 0.15) is 30.0 Å². The van der Waals surface area contributed by atoms with Crippen molar-refractivity contribution >= 4 is 29.2 Å². The predicted octanol–water partition coefficient (Wildman–Crippen LogP) is 1.63. The molecule has 142 valence electrons. The third kappa shape index (κ3) is 3.35. The molecule has 3 rings (SSSR count). The standard InChI is InChI=1S/C18H20N4O5/c1-5-26-17(25)18(3)16(24)20-12-7-6-11(9-14(12)27-18)19-15(23)13-8-10(2)22(4)21-13/h6-9H,5H2,1-4H3,(H,19,23)(H,20,24)/t18-/m0/s1. The van der Waals surface area contributed by atoms with Crippen molar-refractivity contribution < 1.29 is 23.9 Å². The quantitative estimate of drug-likeness (QED) is 0.623. The first kappa shape index (κ1) is 18.4. The molecule has 0 bridgehead atoms. The van der Waals surface area contributed by atoms with Crippen molar-refractivity contribution in [3.63, 3.8) is 0 Å². The average Bonchev–Trinajstić information content (AvgIpc) is 2.95. The Labute approximate surface area is 155 Å². The fourth-order valence-corrected chi connectivity index (χ4v) is 2.57. The predicted molar refractivity (Wildman–Crippen MR) is 96.6 cm³/mol. The summed E-state index contributed by atoms with van der Waals surface area (Å²) in [6.45, 7) is 4.95. The van der Waals surface area contributed by atoms with Crippen LogP contribution in [-0.4, -0.2) is 39.8 Å². The highest BCUT2D eigenvalue weighted by atomic mass is 16.6. The largest absolute Gasteiger partial charge is 0.464 e. The molecule has 1 atom stereocenters. The molecule has 1 aliphatic heterocycles. The van der Waals surface area contributed by atoms with E-state index in [-0.39, 0.29) is 24.0 Å². The van der Waals surface area contributed by atoms with Gasteiger partial charge in [-0.15, -0.1) is 0 Å². The van der Waals surface area contributed by atoms with Crippen molar-refractivity contribution in [1.82, 2.24) is 9.78 Å². The van der Waals surface area contributed by atoms with Crippen LogP contribution in [0.2, 0.25) is 0 Å². The Morgan fingerprint density at radius 1 is 1.37 bits per heavy atom. The number of amides is 2. The third-order valence-electron chi connectivity index (χ3n) is 4.25. The zero-order chi connectivity index (χ0) is 19.8. The molecule has 0 radical (unpaired) electrons. The molecular formula is C18H20N4O5. The van der Waals surface area contributed by atoms with E-state index in [1.54, 1.807) is 36.9 Å². The highest BCUT2D eigenvalue weighted by molar-refractivity contribution is 6.14. The highest BCUT2D eigenvalue weighted by Crippen LogP contribution is 2.36. The van der Waals surface area contributed by atoms with Gasteiger partial charge in [0, 0.05) is 24.5 Å². The second-order valence-electron chi connectivity index (χ2n) is 6.27. The van der Waals surface area contributed by atoms with E-state index in [1.165, 1.54) is 13.0 Å². The number of carbonyl (C=O) groups excluding carboxylic acids is 3. The van der Waals surface area contributed by atoms with Crippen molar-refractivity contribution in [3.8, 4) is 5.75 Å². The molecule has 2 aromatic rings. The summed E-state index contributed by atoms with van der Waals surface area (Å²) in [5, 5.41) is 9.46. The van der Waals surface area contributed by atoms with Gasteiger partial charge in [-0.3, -0.25) is 14.3 Å². The van der Waals surface area contributed by atoms with E-state index in [2.05, 4.69) is 15.7 Å². The van der Waals surface area contributed by atoms with E-state index in [9.17, 15) is 14.4 Å². The number of hydrogen-bond donors (Lipinski definition) is 2. The number of ether oxygens (including phenoxy) is 2. The Morgan fingerprint density at radius 3 is 2.74 bits per heavy atom. The number of aryl methyl sites for hydroxylation is 2. The van der Waals surface area contributed by atoms with Crippen LogP contribution >= 0.6 is 0 Å². The summed E-state index contributed by atoms with van der Waals surface area (Å²) >= 11 is 0. The number of benzene rings is 1. The maximum absolute atomic E-state index is 12.3. The minimum atomic E-state index is -1.80. The molecule has 0 unspecified atom stereocenters. The van der Waals surface area contributed by atoms with Crippen LogP contribution in [0.4, 0.5) is 11.4 Å². The molecule has 2 heterocycles. The van der Waals surface area contributed by atoms with Gasteiger partial charge < -0.3 is 20.1 Å². The smallest absolute Gasteiger partial charge is 0.360 e. The molecule has 0 aliphatic carbocycles. The Kier molecular flexibility index (Phi) is 4.61. The number of esters is 1. The molecule has 2 amide bonds. The van der Waals surface area contributed by atoms with E-state index in [0.717, 1.165) is 5.69 Å². The number of rotatable bonds is 4. The first-order chi connectivity index (χ1) is 12.7. The van der Waals surface area contributed by atoms with E-state index in [0.29, 0.717) is 11.4 Å². The lowest BCUT2D eigenvalue weighted by Gasteiger charge is -2.32. The minimum absolute atomic E-state index is 0.123. The number of anilines is 2. The number of nitrogens with zero attached hydrogens (tertiary/aromatic N) is 2. The molecule has 0 spiro atoms. The molecule has 1 aromatic carbocycles. The summed E-state index contributed by atoms with van der Waals surface area (Å²) in [6, 6.07) is 6.39. The van der Waals surface area contributed by atoms with Gasteiger partial charge in [0.25, 0.3) is 17.4 Å². The Balaban J connectivity index is 1.83. The fraction of sp³-hybridized carbons (Fsp3) is 0.333. The molecule has 0 saturated carbocycles. The van der Waals surface area contributed by atoms with Gasteiger partial charge in [0.1, 0.15) is 5.75 Å². The van der Waals surface area contributed by atoms with Crippen LogP contribution in [0.5, 0.6) is 5.75 Å². The number of fused-ring (bicyclic) bond motifs is 1. The van der Waals surface area contributed by atoms with E-state index < -0.39 is 17.5 Å². The van der Waals surface area contributed by atoms with Crippen LogP contribution in [0, 0.1) is 6.92 Å². The summed E-state index contributed by atoms with van der Waals surface area (Å²) < 4.78 is 12.2. The Hall–Kier alpha value is -3.36. The molecule has 0 saturated heterocycles. The molecule has 9 nitrogen and oxygen atoms in total. The normalized spacial score (nSPS) is 18.1. The van der Waals surface area contributed by atoms with Gasteiger partial charge in [-0.2, -0.15) is 5.10 Å². The Morgan fingerprint density at radius 2 is 2.11 bits per heavy atom. The number of nitrogens with one attached hydrogen (secondary N) is 2. The van der Waals surface area contributed by atoms with Gasteiger partial charge in [0.15, 0.2) is 5.69 Å². The maximum Gasteiger partial charge on any atom is 0.360 e. The fourth-order valence-electron chi connectivity index (χ4n) is 2.57. The van der Waals surface area contributed by atoms with Crippen molar-refractivity contribution in [1.29, 1.82) is 0 Å². The van der Waals surface area contributed by atoms with Crippen LogP contribution in [-0.2, 0) is 21.4 Å². The zero-order valence-corrected chi connectivity index (χ0v) is 15.5. The lowest BCUT2D eigenvalue weighted by atomic mass is 10.0. The molecule has 0 fully saturated rings. The van der Waals surface area contributed by atoms with Gasteiger partial charge in [-0.25, -0.2) is 4.79 Å². The maximum atomic E-state index is 12.3. The second kappa shape index (κ2) is 6.75. The first-order valence-electron chi connectivity index (χ1n) is 8.38. The molecular weight excluding hydrogens is 352 g/mol. The zero-order valence-electron chi connectivity index (χ0n) is 15.5. The lowest BCUT2D eigenvalue weighted by molar-refractivity contribution is -0.165. The van der Waals surface area contributed by atoms with Crippen LogP contribution in [0.3, 0.4) is 0 Å². The third-order valence-corrected chi connectivity index (χ3v) is 4.25. The minimum Gasteiger partial charge on any atom is -0.464 e. The van der Waals surface area contributed by atoms with Gasteiger partial charge in [0.2, 0.25) is 0 Å². The van der Waals surface area contributed by atoms with Crippen molar-refractivity contribution in [2.75, 3.05) is 17.2 Å². The SMILES string of the molecule is CCOC(=O)[C@@]1(C)Oc2cc(NC(=O)c3cc(C)n(C)n3)ccc2NC1=O. The number of hydrogen-bond acceptors (Lipinski definition) is 6. The van der Waals surface area contributed by atoms with Crippen molar-refractivity contribution in [2.45, 2.75) is 26.4 Å². The molecule has 27 heavy (non-hydrogen) atoms. The first-order valence-corrected chi connectivity index (χ1v) is 8.38. The summed E-state index contributed by atoms with van der Waals surface area (Å²) in [4.78, 5) is 36.7. The van der Waals surface area contributed by atoms with Crippen molar-refractivity contribution in [3.05, 3.63) is 35.7 Å². The van der Waals surface area contributed by atoms with Crippen LogP contribution in [0.15, 0.2) is 24.3 Å². The summed E-state index contributed by atoms with van der Waals surface area (Å²) in [7, 11) is 1.75. The molecule has 9 heteroatoms. The van der Waals surface area contributed by atoms with E-state index in [4.69, 9.17) is 9.47 Å². The van der Waals surface area contributed by atoms with Gasteiger partial charge >= 0.3 is 5.97 Å². The van der Waals surface area contributed by atoms with Crippen LogP contribution < -0.4 is 15.4 Å². The molecule has 1 aromatic heterocycles. The van der Waals surface area contributed by atoms with Gasteiger partial charge in [-0.05, 0) is 39.0 Å². The summed E-state index contributed by atoms with van der Waals surface area (Å²) in [6.07, 6.45) is 0. The van der Waals surface area contributed by atoms with Gasteiger partial charge in [-0.1, -0.05) is 0 Å². The second-order valence-corrected chi connectivity index (χ2v) is 6.27. The monoisotopic (exact) mass is 372 g/mol. The van der Waals surface area contributed by atoms with Crippen molar-refractivity contribution in [2.24, 2.45) is 7.05 Å². The molecule has 1 aliphatic rings. The summed E-state index contributed by atoms with van der Waals surface area (Å²) in [5.41, 5.74) is 0.155. The topological polar surface area (TPSA) is 112 Å². The highest BCUT2D eigenvalue weighted by Gasteiger charge is 2.48. The lowest BCUT2D eigenvalue weighted by Crippen LogP contribution is -2.55. The molecule has 2 N–H and O–H groups in total. The average molecular weight is 372 g/mol. The van der Waals surface area contributed by atoms with E-state index >= 15 is 0 Å². The van der Waals surface area contributed by atoms with Gasteiger partial charge in [0.05, 0.1) is 12.3 Å². The number of aromatic nitrogens is 2. The van der Waals surface area contributed by atoms with E-state index in [1.807, 2.05) is 6.92 Å². The number of carbonyl (C=O) groups is 3. The summed E-state index contributed by atoms with van der Waals surface area (Å²) in [5.74, 6) is -1.53.